The van der Waals surface area contributed by atoms with Crippen LogP contribution in [0.5, 0.6) is 0 Å². The summed E-state index contributed by atoms with van der Waals surface area (Å²) in [6.45, 7) is 0. The van der Waals surface area contributed by atoms with E-state index in [9.17, 15) is 13.0 Å². The van der Waals surface area contributed by atoms with Gasteiger partial charge in [0.15, 0.2) is 0 Å². The predicted molar refractivity (Wildman–Crippen MR) is 152 cm³/mol. The molecule has 40 heavy (non-hydrogen) atoms. The van der Waals surface area contributed by atoms with Crippen molar-refractivity contribution in [3.05, 3.63) is 127 Å². The van der Waals surface area contributed by atoms with E-state index in [1.807, 2.05) is 84.9 Å². The lowest BCUT2D eigenvalue weighted by atomic mass is 10.1. The molecule has 0 fully saturated rings. The molecule has 6 rings (SSSR count). The summed E-state index contributed by atoms with van der Waals surface area (Å²) in [5, 5.41) is 17.6. The van der Waals surface area contributed by atoms with Crippen molar-refractivity contribution in [1.29, 1.82) is 0 Å². The summed E-state index contributed by atoms with van der Waals surface area (Å²) in [5.74, 6) is 0. The zero-order valence-corrected chi connectivity index (χ0v) is 21.8. The fourth-order valence-electron chi connectivity index (χ4n) is 4.17. The Morgan fingerprint density at radius 1 is 0.625 bits per heavy atom. The second kappa shape index (κ2) is 10.5. The molecule has 0 spiro atoms. The molecule has 196 valence electrons. The molecule has 0 aliphatic carbocycles. The molecule has 0 saturated carbocycles. The Kier molecular flexibility index (Phi) is 6.61. The van der Waals surface area contributed by atoms with Crippen LogP contribution < -0.4 is 0 Å². The van der Waals surface area contributed by atoms with E-state index in [1.54, 1.807) is 41.5 Å². The summed E-state index contributed by atoms with van der Waals surface area (Å²) in [6, 6.07) is 31.5. The van der Waals surface area contributed by atoms with Crippen molar-refractivity contribution in [3.8, 4) is 33.9 Å². The van der Waals surface area contributed by atoms with Crippen LogP contribution in [0, 0.1) is 0 Å². The summed E-state index contributed by atoms with van der Waals surface area (Å²) >= 11 is 0. The highest BCUT2D eigenvalue weighted by Crippen LogP contribution is 2.24. The highest BCUT2D eigenvalue weighted by molar-refractivity contribution is 7.86. The van der Waals surface area contributed by atoms with Gasteiger partial charge in [0.1, 0.15) is 16.3 Å². The van der Waals surface area contributed by atoms with Crippen LogP contribution in [0.4, 0.5) is 0 Å². The average Bonchev–Trinajstić information content (AvgIpc) is 3.68. The first kappa shape index (κ1) is 25.1. The number of benzene rings is 4. The Labute approximate surface area is 230 Å². The third-order valence-electron chi connectivity index (χ3n) is 6.21. The second-order valence-electron chi connectivity index (χ2n) is 8.89. The van der Waals surface area contributed by atoms with Crippen molar-refractivity contribution in [1.82, 2.24) is 30.0 Å². The lowest BCUT2D eigenvalue weighted by Gasteiger charge is -2.07. The maximum absolute atomic E-state index is 12.2. The van der Waals surface area contributed by atoms with Crippen LogP contribution >= 0.6 is 0 Å². The molecule has 2 aromatic heterocycles. The fourth-order valence-corrected chi connectivity index (χ4v) is 4.87. The van der Waals surface area contributed by atoms with Crippen LogP contribution in [0.3, 0.4) is 0 Å². The van der Waals surface area contributed by atoms with E-state index in [1.165, 1.54) is 10.9 Å². The molecule has 9 nitrogen and oxygen atoms in total. The van der Waals surface area contributed by atoms with Crippen molar-refractivity contribution in [2.24, 2.45) is 0 Å². The van der Waals surface area contributed by atoms with E-state index in [0.717, 1.165) is 28.1 Å². The van der Waals surface area contributed by atoms with Crippen LogP contribution in [-0.4, -0.2) is 43.0 Å². The molecule has 4 aromatic carbocycles. The molecule has 10 heteroatoms. The van der Waals surface area contributed by atoms with Gasteiger partial charge >= 0.3 is 0 Å². The van der Waals surface area contributed by atoms with Gasteiger partial charge in [0.05, 0.1) is 23.8 Å². The van der Waals surface area contributed by atoms with Gasteiger partial charge in [-0.15, -0.1) is 10.2 Å². The minimum atomic E-state index is -4.52. The van der Waals surface area contributed by atoms with Crippen molar-refractivity contribution in [2.75, 3.05) is 0 Å². The lowest BCUT2D eigenvalue weighted by Crippen LogP contribution is -2.05. The Bertz CT molecular complexity index is 1910. The average molecular weight is 547 g/mol. The third-order valence-corrected chi connectivity index (χ3v) is 7.12. The number of aromatic nitrogens is 6. The van der Waals surface area contributed by atoms with Gasteiger partial charge in [-0.25, -0.2) is 0 Å². The van der Waals surface area contributed by atoms with E-state index in [-0.39, 0.29) is 4.90 Å². The molecule has 0 atom stereocenters. The second-order valence-corrected chi connectivity index (χ2v) is 10.3. The molecule has 0 radical (unpaired) electrons. The minimum absolute atomic E-state index is 0.245. The normalized spacial score (nSPS) is 11.7. The molecule has 0 aliphatic rings. The molecule has 0 bridgehead atoms. The first-order valence-electron chi connectivity index (χ1n) is 12.3. The smallest absolute Gasteiger partial charge is 0.282 e. The van der Waals surface area contributed by atoms with Crippen LogP contribution in [0.15, 0.2) is 120 Å². The van der Waals surface area contributed by atoms with E-state index in [4.69, 9.17) is 0 Å². The Morgan fingerprint density at radius 3 is 1.70 bits per heavy atom. The summed E-state index contributed by atoms with van der Waals surface area (Å²) in [4.78, 5) is 2.64. The van der Waals surface area contributed by atoms with Crippen LogP contribution in [0.2, 0.25) is 0 Å². The van der Waals surface area contributed by atoms with Gasteiger partial charge in [0, 0.05) is 11.1 Å². The first-order chi connectivity index (χ1) is 19.4. The highest BCUT2D eigenvalue weighted by Gasteiger charge is 2.17. The molecular weight excluding hydrogens is 524 g/mol. The SMILES string of the molecule is O=S(=O)(O)c1cc(-n2ncc(-c3ccccc3)n2)ccc1C=Cc1ccc(-n2ncc(-c3ccccc3)n2)cc1. The summed E-state index contributed by atoms with van der Waals surface area (Å²) in [7, 11) is -4.52. The zero-order valence-electron chi connectivity index (χ0n) is 21.0. The number of hydrogen-bond acceptors (Lipinski definition) is 6. The number of nitrogens with zero attached hydrogens (tertiary/aromatic N) is 6. The van der Waals surface area contributed by atoms with Gasteiger partial charge in [0.2, 0.25) is 0 Å². The molecule has 2 heterocycles. The molecule has 0 aliphatic heterocycles. The molecule has 0 unspecified atom stereocenters. The van der Waals surface area contributed by atoms with Crippen molar-refractivity contribution >= 4 is 22.3 Å². The summed E-state index contributed by atoms with van der Waals surface area (Å²) < 4.78 is 34.4. The van der Waals surface area contributed by atoms with Crippen LogP contribution in [0.1, 0.15) is 11.1 Å². The highest BCUT2D eigenvalue weighted by atomic mass is 32.2. The maximum atomic E-state index is 12.2. The van der Waals surface area contributed by atoms with Crippen LogP contribution in [0.25, 0.3) is 46.0 Å². The van der Waals surface area contributed by atoms with Gasteiger partial charge in [-0.3, -0.25) is 4.55 Å². The number of hydrogen-bond donors (Lipinski definition) is 1. The van der Waals surface area contributed by atoms with E-state index < -0.39 is 10.1 Å². The van der Waals surface area contributed by atoms with Crippen molar-refractivity contribution in [2.45, 2.75) is 4.90 Å². The zero-order chi connectivity index (χ0) is 27.5. The Balaban J connectivity index is 1.24. The van der Waals surface area contributed by atoms with Gasteiger partial charge < -0.3 is 0 Å². The van der Waals surface area contributed by atoms with Crippen molar-refractivity contribution in [3.63, 3.8) is 0 Å². The molecular formula is C30H22N6O3S. The maximum Gasteiger partial charge on any atom is 0.295 e. The van der Waals surface area contributed by atoms with Crippen LogP contribution in [-0.2, 0) is 10.1 Å². The first-order valence-corrected chi connectivity index (χ1v) is 13.7. The predicted octanol–water partition coefficient (Wildman–Crippen LogP) is 5.60. The van der Waals surface area contributed by atoms with E-state index >= 15 is 0 Å². The standard InChI is InChI=1S/C30H22N6O3S/c37-40(38,39)30-19-27(36-32-21-29(34-36)24-9-5-2-6-10-24)18-15-25(30)14-11-22-12-16-26(17-13-22)35-31-20-28(33-35)23-7-3-1-4-8-23/h1-21H,(H,37,38,39). The van der Waals surface area contributed by atoms with Gasteiger partial charge in [-0.1, -0.05) is 91.0 Å². The molecule has 0 amide bonds. The summed E-state index contributed by atoms with van der Waals surface area (Å²) in [6.07, 6.45) is 6.71. The quantitative estimate of drug-likeness (QED) is 0.205. The molecule has 1 N–H and O–H groups in total. The molecule has 0 saturated heterocycles. The minimum Gasteiger partial charge on any atom is -0.282 e. The molecule has 6 aromatic rings. The Hall–Kier alpha value is -5.19. The summed E-state index contributed by atoms with van der Waals surface area (Å²) in [5.41, 5.74) is 5.61. The monoisotopic (exact) mass is 546 g/mol. The topological polar surface area (TPSA) is 116 Å². The van der Waals surface area contributed by atoms with Gasteiger partial charge in [0.25, 0.3) is 10.1 Å². The van der Waals surface area contributed by atoms with Gasteiger partial charge in [-0.2, -0.15) is 28.2 Å². The number of rotatable bonds is 7. The van der Waals surface area contributed by atoms with Crippen molar-refractivity contribution < 1.29 is 13.0 Å². The fraction of sp³-hybridized carbons (Fsp3) is 0. The Morgan fingerprint density at radius 2 is 1.15 bits per heavy atom. The lowest BCUT2D eigenvalue weighted by molar-refractivity contribution is 0.483. The largest absolute Gasteiger partial charge is 0.295 e. The van der Waals surface area contributed by atoms with Gasteiger partial charge in [-0.05, 0) is 35.4 Å². The third kappa shape index (κ3) is 5.35. The van der Waals surface area contributed by atoms with E-state index in [2.05, 4.69) is 20.4 Å². The van der Waals surface area contributed by atoms with E-state index in [0.29, 0.717) is 16.9 Å².